The van der Waals surface area contributed by atoms with Gasteiger partial charge in [-0.1, -0.05) is 89.1 Å². The predicted octanol–water partition coefficient (Wildman–Crippen LogP) is 6.73. The third kappa shape index (κ3) is 7.14. The molecule has 6 rings (SSSR count). The number of likely N-dealkylation sites (tertiary alicyclic amines) is 2. The molecule has 2 aromatic carbocycles. The van der Waals surface area contributed by atoms with Crippen LogP contribution in [0.3, 0.4) is 0 Å². The number of hydrogen-bond donors (Lipinski definition) is 4. The number of amides is 2. The summed E-state index contributed by atoms with van der Waals surface area (Å²) in [5.41, 5.74) is 6.17. The molecule has 2 aliphatic rings. The summed E-state index contributed by atoms with van der Waals surface area (Å²) in [5, 5.41) is 6.50. The number of aromatic nitrogens is 4. The summed E-state index contributed by atoms with van der Waals surface area (Å²) in [5.74, 6) is 2.58. The van der Waals surface area contributed by atoms with E-state index < -0.39 is 0 Å². The molecule has 2 amide bonds. The Labute approximate surface area is 296 Å². The highest BCUT2D eigenvalue weighted by atomic mass is 16.2. The SMILES string of the molecule is CCC(C)[C@H](NC)C(=O)N1CCCC1c1ncc(-c2ccc(-c3ccc(-c4c[nH]c([C@@H]5CCCN5C(=O)[C@@H](NC)C(C)CC)n4)cc3)cc2)[nH]1. The van der Waals surface area contributed by atoms with Crippen LogP contribution in [0, 0.1) is 11.8 Å². The molecule has 10 heteroatoms. The Morgan fingerprint density at radius 3 is 1.74 bits per heavy atom. The van der Waals surface area contributed by atoms with Crippen LogP contribution in [0.4, 0.5) is 0 Å². The van der Waals surface area contributed by atoms with Crippen molar-refractivity contribution in [1.29, 1.82) is 0 Å². The van der Waals surface area contributed by atoms with E-state index in [1.807, 2.05) is 36.3 Å². The van der Waals surface area contributed by atoms with Crippen molar-refractivity contribution in [2.24, 2.45) is 11.8 Å². The number of H-pyrrole nitrogens is 2. The van der Waals surface area contributed by atoms with E-state index in [0.717, 1.165) is 96.9 Å². The highest BCUT2D eigenvalue weighted by Gasteiger charge is 2.38. The molecule has 4 heterocycles. The topological polar surface area (TPSA) is 122 Å². The van der Waals surface area contributed by atoms with Crippen LogP contribution in [0.5, 0.6) is 0 Å². The maximum Gasteiger partial charge on any atom is 0.240 e. The van der Waals surface area contributed by atoms with Gasteiger partial charge in [0.15, 0.2) is 0 Å². The van der Waals surface area contributed by atoms with E-state index in [2.05, 4.69) is 96.8 Å². The minimum Gasteiger partial charge on any atom is -0.346 e. The minimum atomic E-state index is -0.181. The van der Waals surface area contributed by atoms with Crippen molar-refractivity contribution in [2.75, 3.05) is 27.2 Å². The minimum absolute atomic E-state index is 0.0279. The average molecular weight is 679 g/mol. The number of nitrogens with one attached hydrogen (secondary N) is 4. The van der Waals surface area contributed by atoms with Gasteiger partial charge in [-0.25, -0.2) is 9.97 Å². The number of hydrogen-bond acceptors (Lipinski definition) is 6. The Hall–Kier alpha value is -4.28. The highest BCUT2D eigenvalue weighted by molar-refractivity contribution is 5.83. The molecule has 2 aliphatic heterocycles. The van der Waals surface area contributed by atoms with Crippen molar-refractivity contribution in [1.82, 2.24) is 40.4 Å². The molecule has 0 aliphatic carbocycles. The van der Waals surface area contributed by atoms with Crippen molar-refractivity contribution in [2.45, 2.75) is 90.4 Å². The van der Waals surface area contributed by atoms with E-state index >= 15 is 0 Å². The van der Waals surface area contributed by atoms with Gasteiger partial charge in [0.1, 0.15) is 11.6 Å². The number of carbonyl (C=O) groups is 2. The zero-order chi connectivity index (χ0) is 35.4. The third-order valence-electron chi connectivity index (χ3n) is 11.2. The molecular formula is C40H54N8O2. The van der Waals surface area contributed by atoms with Crippen molar-refractivity contribution in [3.05, 3.63) is 72.6 Å². The summed E-state index contributed by atoms with van der Waals surface area (Å²) in [6.07, 6.45) is 9.53. The number of benzene rings is 2. The molecule has 6 atom stereocenters. The maximum atomic E-state index is 13.5. The standard InChI is InChI=1S/C40H54N8O2/c1-7-25(3)35(41-5)39(49)47-21-9-11-33(47)37-43-23-31(45-37)29-17-13-27(14-18-29)28-15-19-30(20-16-28)32-24-44-38(46-32)34-12-10-22-48(34)40(50)36(42-6)26(4)8-2/h13-20,23-26,33-36,41-42H,7-12,21-22H2,1-6H3,(H,43,45)(H,44,46)/t25?,26?,33-,34?,35-,36-/m0/s1. The molecule has 0 radical (unpaired) electrons. The molecule has 50 heavy (non-hydrogen) atoms. The van der Waals surface area contributed by atoms with Crippen molar-refractivity contribution < 1.29 is 9.59 Å². The fourth-order valence-corrected chi connectivity index (χ4v) is 7.74. The first kappa shape index (κ1) is 35.5. The van der Waals surface area contributed by atoms with Gasteiger partial charge >= 0.3 is 0 Å². The monoisotopic (exact) mass is 678 g/mol. The third-order valence-corrected chi connectivity index (χ3v) is 11.2. The second-order valence-corrected chi connectivity index (χ2v) is 14.2. The second-order valence-electron chi connectivity index (χ2n) is 14.2. The fourth-order valence-electron chi connectivity index (χ4n) is 7.74. The summed E-state index contributed by atoms with van der Waals surface area (Å²) < 4.78 is 0. The Morgan fingerprint density at radius 1 is 0.760 bits per heavy atom. The number of rotatable bonds is 13. The smallest absolute Gasteiger partial charge is 0.240 e. The molecule has 2 saturated heterocycles. The van der Waals surface area contributed by atoms with Crippen LogP contribution in [-0.4, -0.2) is 80.8 Å². The lowest BCUT2D eigenvalue weighted by Gasteiger charge is -2.30. The lowest BCUT2D eigenvalue weighted by molar-refractivity contribution is -0.136. The van der Waals surface area contributed by atoms with Crippen LogP contribution in [0.1, 0.15) is 90.0 Å². The van der Waals surface area contributed by atoms with Crippen molar-refractivity contribution >= 4 is 11.8 Å². The predicted molar refractivity (Wildman–Crippen MR) is 199 cm³/mol. The van der Waals surface area contributed by atoms with Crippen LogP contribution in [0.25, 0.3) is 33.6 Å². The van der Waals surface area contributed by atoms with Gasteiger partial charge in [-0.3, -0.25) is 9.59 Å². The van der Waals surface area contributed by atoms with Crippen molar-refractivity contribution in [3.8, 4) is 33.6 Å². The van der Waals surface area contributed by atoms with Gasteiger partial charge in [-0.2, -0.15) is 0 Å². The lowest BCUT2D eigenvalue weighted by Crippen LogP contribution is -2.48. The normalized spacial score (nSPS) is 20.2. The van der Waals surface area contributed by atoms with E-state index in [1.54, 1.807) is 0 Å². The van der Waals surface area contributed by atoms with Crippen LogP contribution in [-0.2, 0) is 9.59 Å². The van der Waals surface area contributed by atoms with Gasteiger partial charge in [0.25, 0.3) is 0 Å². The van der Waals surface area contributed by atoms with Crippen LogP contribution in [0.2, 0.25) is 0 Å². The van der Waals surface area contributed by atoms with E-state index in [-0.39, 0.29) is 47.8 Å². The lowest BCUT2D eigenvalue weighted by atomic mass is 9.97. The van der Waals surface area contributed by atoms with Gasteiger partial charge in [-0.05, 0) is 68.3 Å². The Balaban J connectivity index is 1.11. The summed E-state index contributed by atoms with van der Waals surface area (Å²) in [4.78, 5) is 47.5. The van der Waals surface area contributed by atoms with E-state index in [9.17, 15) is 9.59 Å². The first-order valence-corrected chi connectivity index (χ1v) is 18.5. The van der Waals surface area contributed by atoms with Gasteiger partial charge in [0.05, 0.1) is 41.8 Å². The molecule has 3 unspecified atom stereocenters. The zero-order valence-corrected chi connectivity index (χ0v) is 30.5. The second kappa shape index (κ2) is 15.7. The number of nitrogens with zero attached hydrogens (tertiary/aromatic N) is 4. The molecule has 4 aromatic rings. The van der Waals surface area contributed by atoms with Crippen LogP contribution in [0.15, 0.2) is 60.9 Å². The Bertz CT molecular complexity index is 1600. The highest BCUT2D eigenvalue weighted by Crippen LogP contribution is 2.35. The van der Waals surface area contributed by atoms with Gasteiger partial charge < -0.3 is 30.4 Å². The van der Waals surface area contributed by atoms with E-state index in [4.69, 9.17) is 9.97 Å². The first-order valence-electron chi connectivity index (χ1n) is 18.5. The molecule has 0 bridgehead atoms. The van der Waals surface area contributed by atoms with Crippen LogP contribution >= 0.6 is 0 Å². The summed E-state index contributed by atoms with van der Waals surface area (Å²) in [7, 11) is 3.75. The number of carbonyl (C=O) groups excluding carboxylic acids is 2. The zero-order valence-electron chi connectivity index (χ0n) is 30.5. The molecule has 0 spiro atoms. The average Bonchev–Trinajstić information content (AvgIpc) is 3.98. The molecule has 4 N–H and O–H groups in total. The summed E-state index contributed by atoms with van der Waals surface area (Å²) in [6, 6.07) is 16.6. The molecule has 2 aromatic heterocycles. The first-order chi connectivity index (χ1) is 24.3. The molecule has 2 fully saturated rings. The van der Waals surface area contributed by atoms with Gasteiger partial charge in [0, 0.05) is 24.8 Å². The van der Waals surface area contributed by atoms with Gasteiger partial charge in [-0.15, -0.1) is 0 Å². The quantitative estimate of drug-likeness (QED) is 0.124. The van der Waals surface area contributed by atoms with E-state index in [1.165, 1.54) is 0 Å². The summed E-state index contributed by atoms with van der Waals surface area (Å²) >= 11 is 0. The number of aromatic amines is 2. The van der Waals surface area contributed by atoms with Crippen LogP contribution < -0.4 is 10.6 Å². The Morgan fingerprint density at radius 2 is 1.24 bits per heavy atom. The number of likely N-dealkylation sites (N-methyl/N-ethyl adjacent to an activating group) is 2. The fraction of sp³-hybridized carbons (Fsp3) is 0.500. The van der Waals surface area contributed by atoms with Crippen molar-refractivity contribution in [3.63, 3.8) is 0 Å². The number of imidazole rings is 2. The molecule has 10 nitrogen and oxygen atoms in total. The Kier molecular flexibility index (Phi) is 11.2. The van der Waals surface area contributed by atoms with Gasteiger partial charge in [0.2, 0.25) is 11.8 Å². The maximum absolute atomic E-state index is 13.5. The molecule has 0 saturated carbocycles. The molecule has 266 valence electrons. The van der Waals surface area contributed by atoms with E-state index in [0.29, 0.717) is 0 Å². The summed E-state index contributed by atoms with van der Waals surface area (Å²) in [6.45, 7) is 10.0. The largest absolute Gasteiger partial charge is 0.346 e. The molecular weight excluding hydrogens is 624 g/mol.